The Morgan fingerprint density at radius 2 is 2.46 bits per heavy atom. The van der Waals surface area contributed by atoms with Crippen LogP contribution in [-0.2, 0) is 4.79 Å². The molecule has 2 rings (SSSR count). The van der Waals surface area contributed by atoms with Crippen molar-refractivity contribution >= 4 is 23.1 Å². The number of carbonyl (C=O) groups is 1. The first kappa shape index (κ1) is 7.53. The maximum absolute atomic E-state index is 10.8. The fourth-order valence-corrected chi connectivity index (χ4v) is 1.03. The van der Waals surface area contributed by atoms with Crippen LogP contribution in [0.2, 0.25) is 0 Å². The Morgan fingerprint density at radius 1 is 1.62 bits per heavy atom. The van der Waals surface area contributed by atoms with Crippen LogP contribution in [0.25, 0.3) is 11.0 Å². The first-order chi connectivity index (χ1) is 6.31. The van der Waals surface area contributed by atoms with Gasteiger partial charge in [-0.1, -0.05) is 0 Å². The van der Waals surface area contributed by atoms with Crippen LogP contribution < -0.4 is 10.2 Å². The Bertz CT molecular complexity index is 451. The van der Waals surface area contributed by atoms with Crippen LogP contribution in [-0.4, -0.2) is 11.6 Å². The number of fused-ring (bicyclic) bond motifs is 1. The molecule has 0 bridgehead atoms. The fraction of sp³-hybridized carbons (Fsp3) is 0. The van der Waals surface area contributed by atoms with Gasteiger partial charge in [0.1, 0.15) is 0 Å². The Hall–Kier alpha value is -2.11. The van der Waals surface area contributed by atoms with E-state index >= 15 is 0 Å². The SMILES string of the molecule is O=CNc1ccc2c(c1)no[n+]2[O-]. The summed E-state index contributed by atoms with van der Waals surface area (Å²) in [7, 11) is 0. The molecule has 0 aliphatic heterocycles. The molecule has 0 saturated heterocycles. The molecule has 6 heteroatoms. The van der Waals surface area contributed by atoms with Gasteiger partial charge < -0.3 is 10.5 Å². The van der Waals surface area contributed by atoms with Crippen molar-refractivity contribution in [2.75, 3.05) is 5.32 Å². The zero-order valence-electron chi connectivity index (χ0n) is 6.43. The van der Waals surface area contributed by atoms with E-state index < -0.39 is 0 Å². The van der Waals surface area contributed by atoms with E-state index in [2.05, 4.69) is 15.1 Å². The van der Waals surface area contributed by atoms with Gasteiger partial charge in [0, 0.05) is 16.9 Å². The molecule has 0 spiro atoms. The summed E-state index contributed by atoms with van der Waals surface area (Å²) in [6.45, 7) is 0. The number of hydrogen-bond acceptors (Lipinski definition) is 4. The lowest BCUT2D eigenvalue weighted by molar-refractivity contribution is -0.782. The predicted molar refractivity (Wildman–Crippen MR) is 42.7 cm³/mol. The highest BCUT2D eigenvalue weighted by molar-refractivity contribution is 5.80. The minimum Gasteiger partial charge on any atom is -0.359 e. The lowest BCUT2D eigenvalue weighted by atomic mass is 10.3. The molecule has 66 valence electrons. The molecule has 0 saturated carbocycles. The molecule has 1 aromatic heterocycles. The van der Waals surface area contributed by atoms with Gasteiger partial charge in [0.15, 0.2) is 0 Å². The van der Waals surface area contributed by atoms with Gasteiger partial charge in [-0.25, -0.2) is 0 Å². The van der Waals surface area contributed by atoms with E-state index in [1.807, 2.05) is 0 Å². The van der Waals surface area contributed by atoms with Gasteiger partial charge in [-0.05, 0) is 17.0 Å². The van der Waals surface area contributed by atoms with E-state index in [0.717, 1.165) is 0 Å². The Morgan fingerprint density at radius 3 is 3.23 bits per heavy atom. The fourth-order valence-electron chi connectivity index (χ4n) is 1.03. The molecule has 1 heterocycles. The topological polar surface area (TPSA) is 82.1 Å². The van der Waals surface area contributed by atoms with Crippen molar-refractivity contribution in [2.45, 2.75) is 0 Å². The molecule has 1 amide bonds. The molecule has 0 atom stereocenters. The highest BCUT2D eigenvalue weighted by Crippen LogP contribution is 2.13. The van der Waals surface area contributed by atoms with Crippen molar-refractivity contribution in [1.29, 1.82) is 0 Å². The third-order valence-electron chi connectivity index (χ3n) is 1.61. The van der Waals surface area contributed by atoms with Crippen LogP contribution >= 0.6 is 0 Å². The summed E-state index contributed by atoms with van der Waals surface area (Å²) in [5, 5.41) is 16.8. The molecule has 0 unspecified atom stereocenters. The number of anilines is 1. The third kappa shape index (κ3) is 1.18. The van der Waals surface area contributed by atoms with Gasteiger partial charge in [0.25, 0.3) is 5.52 Å². The second kappa shape index (κ2) is 2.74. The summed E-state index contributed by atoms with van der Waals surface area (Å²) in [5.41, 5.74) is 1.30. The smallest absolute Gasteiger partial charge is 0.250 e. The molecule has 13 heavy (non-hydrogen) atoms. The highest BCUT2D eigenvalue weighted by atomic mass is 16.8. The van der Waals surface area contributed by atoms with Crippen molar-refractivity contribution in [1.82, 2.24) is 5.16 Å². The number of benzene rings is 1. The second-order valence-electron chi connectivity index (χ2n) is 2.40. The monoisotopic (exact) mass is 179 g/mol. The predicted octanol–water partition coefficient (Wildman–Crippen LogP) is 0.0295. The number of nitrogens with zero attached hydrogens (tertiary/aromatic N) is 2. The van der Waals surface area contributed by atoms with Crippen LogP contribution in [0.5, 0.6) is 0 Å². The number of rotatable bonds is 2. The minimum absolute atomic E-state index is 0.306. The summed E-state index contributed by atoms with van der Waals surface area (Å²) < 4.78 is 4.34. The van der Waals surface area contributed by atoms with Crippen LogP contribution in [0.3, 0.4) is 0 Å². The molecule has 1 aromatic carbocycles. The number of nitrogens with one attached hydrogen (secondary N) is 1. The van der Waals surface area contributed by atoms with E-state index in [0.29, 0.717) is 28.0 Å². The molecular formula is C7H5N3O3. The molecule has 0 aliphatic rings. The maximum atomic E-state index is 10.8. The number of carbonyl (C=O) groups excluding carboxylic acids is 1. The first-order valence-corrected chi connectivity index (χ1v) is 3.51. The Labute approximate surface area is 72.3 Å². The first-order valence-electron chi connectivity index (χ1n) is 3.51. The molecule has 6 nitrogen and oxygen atoms in total. The molecule has 1 N–H and O–H groups in total. The summed E-state index contributed by atoms with van der Waals surface area (Å²) in [6, 6.07) is 4.65. The average molecular weight is 179 g/mol. The van der Waals surface area contributed by atoms with E-state index in [1.54, 1.807) is 12.1 Å². The molecule has 0 radical (unpaired) electrons. The van der Waals surface area contributed by atoms with Crippen molar-refractivity contribution in [3.63, 3.8) is 0 Å². The van der Waals surface area contributed by atoms with E-state index in [1.165, 1.54) is 6.07 Å². The molecule has 0 aliphatic carbocycles. The summed E-state index contributed by atoms with van der Waals surface area (Å²) in [6.07, 6.45) is 0.548. The third-order valence-corrected chi connectivity index (χ3v) is 1.61. The van der Waals surface area contributed by atoms with Crippen molar-refractivity contribution in [3.05, 3.63) is 23.4 Å². The maximum Gasteiger partial charge on any atom is 0.250 e. The molecular weight excluding hydrogens is 174 g/mol. The summed E-state index contributed by atoms with van der Waals surface area (Å²) in [4.78, 5) is 10.4. The Balaban J connectivity index is 2.56. The lowest BCUT2D eigenvalue weighted by Gasteiger charge is -1.93. The summed E-state index contributed by atoms with van der Waals surface area (Å²) >= 11 is 0. The van der Waals surface area contributed by atoms with E-state index in [-0.39, 0.29) is 0 Å². The van der Waals surface area contributed by atoms with Crippen LogP contribution in [0.15, 0.2) is 22.8 Å². The van der Waals surface area contributed by atoms with Crippen molar-refractivity contribution < 1.29 is 14.3 Å². The van der Waals surface area contributed by atoms with E-state index in [9.17, 15) is 10.0 Å². The van der Waals surface area contributed by atoms with Crippen LogP contribution in [0.1, 0.15) is 0 Å². The van der Waals surface area contributed by atoms with Gasteiger partial charge in [0.2, 0.25) is 11.9 Å². The van der Waals surface area contributed by atoms with Gasteiger partial charge in [0.05, 0.1) is 0 Å². The van der Waals surface area contributed by atoms with Gasteiger partial charge >= 0.3 is 0 Å². The minimum atomic E-state index is 0.306. The summed E-state index contributed by atoms with van der Waals surface area (Å²) in [5.74, 6) is 0. The van der Waals surface area contributed by atoms with E-state index in [4.69, 9.17) is 0 Å². The van der Waals surface area contributed by atoms with Gasteiger partial charge in [-0.2, -0.15) is 0 Å². The Kier molecular flexibility index (Phi) is 1.59. The molecule has 2 aromatic rings. The van der Waals surface area contributed by atoms with Crippen molar-refractivity contribution in [2.24, 2.45) is 0 Å². The zero-order valence-corrected chi connectivity index (χ0v) is 6.43. The van der Waals surface area contributed by atoms with Gasteiger partial charge in [-0.15, -0.1) is 0 Å². The van der Waals surface area contributed by atoms with Gasteiger partial charge in [-0.3, -0.25) is 9.42 Å². The van der Waals surface area contributed by atoms with Crippen LogP contribution in [0.4, 0.5) is 5.69 Å². The average Bonchev–Trinajstić information content (AvgIpc) is 2.48. The number of aromatic nitrogens is 2. The zero-order chi connectivity index (χ0) is 9.26. The highest BCUT2D eigenvalue weighted by Gasteiger charge is 2.08. The van der Waals surface area contributed by atoms with Crippen molar-refractivity contribution in [3.8, 4) is 0 Å². The normalized spacial score (nSPS) is 10.2. The quantitative estimate of drug-likeness (QED) is 0.520. The second-order valence-corrected chi connectivity index (χ2v) is 2.40. The number of hydrogen-bond donors (Lipinski definition) is 1. The molecule has 0 fully saturated rings. The standard InChI is InChI=1S/C7H5N3O3/c11-4-8-5-1-2-7-6(3-5)9-13-10(7)12/h1-4H,(H,8,11). The lowest BCUT2D eigenvalue weighted by Crippen LogP contribution is -2.22. The largest absolute Gasteiger partial charge is 0.359 e. The number of amides is 1. The van der Waals surface area contributed by atoms with Crippen LogP contribution in [0, 0.1) is 5.21 Å².